The van der Waals surface area contributed by atoms with E-state index in [-0.39, 0.29) is 5.91 Å². The summed E-state index contributed by atoms with van der Waals surface area (Å²) in [5.74, 6) is -0.0525. The number of amides is 1. The Labute approximate surface area is 108 Å². The van der Waals surface area contributed by atoms with Crippen LogP contribution in [0.4, 0.5) is 5.69 Å². The maximum Gasteiger partial charge on any atom is 0.240 e. The Kier molecular flexibility index (Phi) is 4.82. The molecule has 1 amide bonds. The first-order chi connectivity index (χ1) is 7.91. The fourth-order valence-electron chi connectivity index (χ4n) is 1.55. The molecule has 17 heavy (non-hydrogen) atoms. The van der Waals surface area contributed by atoms with Crippen molar-refractivity contribution in [3.05, 3.63) is 29.8 Å². The Hall–Kier alpha value is -1.22. The van der Waals surface area contributed by atoms with E-state index < -0.39 is 5.38 Å². The van der Waals surface area contributed by atoms with Gasteiger partial charge >= 0.3 is 0 Å². The summed E-state index contributed by atoms with van der Waals surface area (Å²) in [6.07, 6.45) is 0. The molecule has 1 aromatic carbocycles. The van der Waals surface area contributed by atoms with E-state index in [9.17, 15) is 4.79 Å². The van der Waals surface area contributed by atoms with Crippen LogP contribution in [0.5, 0.6) is 0 Å². The normalized spacial score (nSPS) is 12.1. The summed E-state index contributed by atoms with van der Waals surface area (Å²) >= 11 is 5.76. The molecule has 1 aromatic rings. The van der Waals surface area contributed by atoms with Crippen molar-refractivity contribution in [1.29, 1.82) is 0 Å². The number of carbonyl (C=O) groups excluding carboxylic acids is 1. The molecule has 0 heterocycles. The lowest BCUT2D eigenvalue weighted by Crippen LogP contribution is -2.31. The van der Waals surface area contributed by atoms with Gasteiger partial charge in [-0.1, -0.05) is 12.1 Å². The number of hydrogen-bond acceptors (Lipinski definition) is 2. The minimum absolute atomic E-state index is 0.0525. The summed E-state index contributed by atoms with van der Waals surface area (Å²) in [7, 11) is 5.76. The van der Waals surface area contributed by atoms with Gasteiger partial charge in [0.1, 0.15) is 5.38 Å². The summed E-state index contributed by atoms with van der Waals surface area (Å²) in [4.78, 5) is 15.3. The summed E-state index contributed by atoms with van der Waals surface area (Å²) < 4.78 is 0. The zero-order chi connectivity index (χ0) is 13.0. The van der Waals surface area contributed by atoms with E-state index in [2.05, 4.69) is 0 Å². The van der Waals surface area contributed by atoms with Gasteiger partial charge in [0, 0.05) is 33.4 Å². The van der Waals surface area contributed by atoms with Crippen LogP contribution in [0.15, 0.2) is 24.3 Å². The smallest absolute Gasteiger partial charge is 0.240 e. The second-order valence-electron chi connectivity index (χ2n) is 4.37. The first-order valence-corrected chi connectivity index (χ1v) is 6.00. The fourth-order valence-corrected chi connectivity index (χ4v) is 1.72. The molecule has 94 valence electrons. The molecular weight excluding hydrogens is 236 g/mol. The Bertz CT molecular complexity index is 374. The molecule has 1 unspecified atom stereocenters. The maximum atomic E-state index is 11.6. The topological polar surface area (TPSA) is 23.6 Å². The number of halogens is 1. The highest BCUT2D eigenvalue weighted by atomic mass is 35.5. The van der Waals surface area contributed by atoms with Crippen molar-refractivity contribution in [1.82, 2.24) is 4.90 Å². The van der Waals surface area contributed by atoms with Gasteiger partial charge in [0.2, 0.25) is 5.91 Å². The maximum absolute atomic E-state index is 11.6. The molecule has 0 bridgehead atoms. The standard InChI is InChI=1S/C13H19ClN2O/c1-10(14)13(17)16(4)9-11-5-7-12(8-6-11)15(2)3/h5-8,10H,9H2,1-4H3. The predicted molar refractivity (Wildman–Crippen MR) is 72.6 cm³/mol. The molecule has 0 saturated heterocycles. The van der Waals surface area contributed by atoms with Crippen molar-refractivity contribution in [2.24, 2.45) is 0 Å². The van der Waals surface area contributed by atoms with Gasteiger partial charge < -0.3 is 9.80 Å². The van der Waals surface area contributed by atoms with E-state index in [1.807, 2.05) is 43.3 Å². The van der Waals surface area contributed by atoms with Gasteiger partial charge in [-0.25, -0.2) is 0 Å². The van der Waals surface area contributed by atoms with Crippen LogP contribution in [0.1, 0.15) is 12.5 Å². The van der Waals surface area contributed by atoms with Crippen LogP contribution in [0, 0.1) is 0 Å². The van der Waals surface area contributed by atoms with Crippen molar-refractivity contribution in [3.63, 3.8) is 0 Å². The third-order valence-corrected chi connectivity index (χ3v) is 2.78. The monoisotopic (exact) mass is 254 g/mol. The molecule has 0 aliphatic carbocycles. The van der Waals surface area contributed by atoms with Crippen LogP contribution in [0.25, 0.3) is 0 Å². The number of hydrogen-bond donors (Lipinski definition) is 0. The molecule has 0 spiro atoms. The van der Waals surface area contributed by atoms with Crippen LogP contribution < -0.4 is 4.90 Å². The van der Waals surface area contributed by atoms with Gasteiger partial charge in [-0.2, -0.15) is 0 Å². The van der Waals surface area contributed by atoms with Crippen molar-refractivity contribution < 1.29 is 4.79 Å². The number of anilines is 1. The summed E-state index contributed by atoms with van der Waals surface area (Å²) in [5, 5.41) is -0.471. The van der Waals surface area contributed by atoms with E-state index >= 15 is 0 Å². The molecule has 0 radical (unpaired) electrons. The zero-order valence-electron chi connectivity index (χ0n) is 10.8. The first-order valence-electron chi connectivity index (χ1n) is 5.57. The van der Waals surface area contributed by atoms with Crippen LogP contribution in [0.3, 0.4) is 0 Å². The van der Waals surface area contributed by atoms with Gasteiger partial charge in [0.05, 0.1) is 0 Å². The second kappa shape index (κ2) is 5.92. The van der Waals surface area contributed by atoms with E-state index in [4.69, 9.17) is 11.6 Å². The third-order valence-electron chi connectivity index (χ3n) is 2.59. The Morgan fingerprint density at radius 3 is 2.18 bits per heavy atom. The van der Waals surface area contributed by atoms with Crippen molar-refractivity contribution in [3.8, 4) is 0 Å². The van der Waals surface area contributed by atoms with E-state index in [1.165, 1.54) is 0 Å². The number of alkyl halides is 1. The number of carbonyl (C=O) groups is 1. The van der Waals surface area contributed by atoms with Gasteiger partial charge in [0.25, 0.3) is 0 Å². The highest BCUT2D eigenvalue weighted by Gasteiger charge is 2.14. The summed E-state index contributed by atoms with van der Waals surface area (Å²) in [6.45, 7) is 2.28. The molecule has 0 aromatic heterocycles. The molecule has 3 nitrogen and oxygen atoms in total. The average Bonchev–Trinajstić information content (AvgIpc) is 2.28. The molecule has 0 aliphatic rings. The lowest BCUT2D eigenvalue weighted by Gasteiger charge is -2.19. The SMILES string of the molecule is CC(Cl)C(=O)N(C)Cc1ccc(N(C)C)cc1. The van der Waals surface area contributed by atoms with Crippen LogP contribution in [-0.4, -0.2) is 37.3 Å². The quantitative estimate of drug-likeness (QED) is 0.770. The van der Waals surface area contributed by atoms with Crippen molar-refractivity contribution in [2.75, 3.05) is 26.0 Å². The second-order valence-corrected chi connectivity index (χ2v) is 5.03. The van der Waals surface area contributed by atoms with E-state index in [0.717, 1.165) is 11.3 Å². The number of benzene rings is 1. The number of rotatable bonds is 4. The Balaban J connectivity index is 2.66. The fraction of sp³-hybridized carbons (Fsp3) is 0.462. The molecular formula is C13H19ClN2O. The van der Waals surface area contributed by atoms with Crippen molar-refractivity contribution >= 4 is 23.2 Å². The van der Waals surface area contributed by atoms with Gasteiger partial charge in [-0.15, -0.1) is 11.6 Å². The average molecular weight is 255 g/mol. The van der Waals surface area contributed by atoms with E-state index in [1.54, 1.807) is 18.9 Å². The lowest BCUT2D eigenvalue weighted by atomic mass is 10.2. The van der Waals surface area contributed by atoms with Crippen LogP contribution in [0.2, 0.25) is 0 Å². The molecule has 0 aliphatic heterocycles. The molecule has 0 fully saturated rings. The number of nitrogens with zero attached hydrogens (tertiary/aromatic N) is 2. The molecule has 0 N–H and O–H groups in total. The lowest BCUT2D eigenvalue weighted by molar-refractivity contribution is -0.129. The predicted octanol–water partition coefficient (Wildman–Crippen LogP) is 2.34. The van der Waals surface area contributed by atoms with Crippen LogP contribution >= 0.6 is 11.6 Å². The Morgan fingerprint density at radius 1 is 1.24 bits per heavy atom. The highest BCUT2D eigenvalue weighted by Crippen LogP contribution is 2.14. The zero-order valence-corrected chi connectivity index (χ0v) is 11.5. The summed E-state index contributed by atoms with van der Waals surface area (Å²) in [6, 6.07) is 8.13. The van der Waals surface area contributed by atoms with Crippen LogP contribution in [-0.2, 0) is 11.3 Å². The minimum atomic E-state index is -0.471. The highest BCUT2D eigenvalue weighted by molar-refractivity contribution is 6.30. The molecule has 1 atom stereocenters. The van der Waals surface area contributed by atoms with Gasteiger partial charge in [0.15, 0.2) is 0 Å². The Morgan fingerprint density at radius 2 is 1.76 bits per heavy atom. The molecule has 4 heteroatoms. The molecule has 1 rings (SSSR count). The van der Waals surface area contributed by atoms with Crippen molar-refractivity contribution in [2.45, 2.75) is 18.8 Å². The van der Waals surface area contributed by atoms with Gasteiger partial charge in [-0.05, 0) is 24.6 Å². The minimum Gasteiger partial charge on any atom is -0.378 e. The molecule has 0 saturated carbocycles. The first kappa shape index (κ1) is 13.8. The van der Waals surface area contributed by atoms with E-state index in [0.29, 0.717) is 6.54 Å². The largest absolute Gasteiger partial charge is 0.378 e. The third kappa shape index (κ3) is 3.93. The summed E-state index contributed by atoms with van der Waals surface area (Å²) in [5.41, 5.74) is 2.25. The van der Waals surface area contributed by atoms with Gasteiger partial charge in [-0.3, -0.25) is 4.79 Å².